The molecule has 2 aromatic rings. The predicted octanol–water partition coefficient (Wildman–Crippen LogP) is 2.21. The lowest BCUT2D eigenvalue weighted by Crippen LogP contribution is -2.34. The van der Waals surface area contributed by atoms with Gasteiger partial charge in [0.05, 0.1) is 12.2 Å². The summed E-state index contributed by atoms with van der Waals surface area (Å²) in [6.45, 7) is 2.52. The van der Waals surface area contributed by atoms with E-state index in [4.69, 9.17) is 5.73 Å². The van der Waals surface area contributed by atoms with Crippen LogP contribution in [0.1, 0.15) is 21.5 Å². The topological polar surface area (TPSA) is 66.6 Å². The van der Waals surface area contributed by atoms with Crippen molar-refractivity contribution in [2.75, 3.05) is 18.9 Å². The average Bonchev–Trinajstić information content (AvgIpc) is 2.47. The van der Waals surface area contributed by atoms with Crippen LogP contribution < -0.4 is 5.73 Å². The van der Waals surface area contributed by atoms with Crippen LogP contribution in [-0.4, -0.2) is 29.1 Å². The van der Waals surface area contributed by atoms with Crippen molar-refractivity contribution in [1.29, 1.82) is 0 Å². The number of aliphatic hydroxyl groups is 1. The van der Waals surface area contributed by atoms with E-state index in [0.717, 1.165) is 11.1 Å². The van der Waals surface area contributed by atoms with Crippen LogP contribution in [-0.2, 0) is 6.54 Å². The Bertz CT molecular complexity index is 591. The van der Waals surface area contributed by atoms with Crippen LogP contribution in [0.4, 0.5) is 5.69 Å². The molecule has 2 aromatic carbocycles. The van der Waals surface area contributed by atoms with Crippen molar-refractivity contribution < 1.29 is 9.90 Å². The molecule has 0 atom stereocenters. The number of amides is 1. The molecule has 4 nitrogen and oxygen atoms in total. The molecule has 110 valence electrons. The van der Waals surface area contributed by atoms with Crippen molar-refractivity contribution in [1.82, 2.24) is 4.90 Å². The summed E-state index contributed by atoms with van der Waals surface area (Å²) in [6.07, 6.45) is 0. The lowest BCUT2D eigenvalue weighted by Gasteiger charge is -2.23. The van der Waals surface area contributed by atoms with Gasteiger partial charge in [0.25, 0.3) is 5.91 Å². The second-order valence-electron chi connectivity index (χ2n) is 4.98. The first-order valence-corrected chi connectivity index (χ1v) is 6.92. The molecule has 0 aliphatic rings. The molecule has 3 N–H and O–H groups in total. The minimum Gasteiger partial charge on any atom is -0.398 e. The van der Waals surface area contributed by atoms with Crippen LogP contribution >= 0.6 is 0 Å². The number of rotatable bonds is 5. The molecule has 0 saturated carbocycles. The van der Waals surface area contributed by atoms with E-state index in [1.165, 1.54) is 0 Å². The fourth-order valence-electron chi connectivity index (χ4n) is 2.32. The van der Waals surface area contributed by atoms with E-state index in [1.807, 2.05) is 49.4 Å². The molecule has 1 amide bonds. The Labute approximate surface area is 124 Å². The van der Waals surface area contributed by atoms with Crippen LogP contribution in [0.2, 0.25) is 0 Å². The van der Waals surface area contributed by atoms with Gasteiger partial charge in [-0.25, -0.2) is 0 Å². The number of carbonyl (C=O) groups excluding carboxylic acids is 1. The Kier molecular flexibility index (Phi) is 4.95. The number of carbonyl (C=O) groups is 1. The summed E-state index contributed by atoms with van der Waals surface area (Å²) in [7, 11) is 0. The van der Waals surface area contributed by atoms with Crippen LogP contribution in [0.3, 0.4) is 0 Å². The number of aryl methyl sites for hydroxylation is 1. The molecule has 0 aliphatic heterocycles. The maximum atomic E-state index is 12.7. The highest BCUT2D eigenvalue weighted by Gasteiger charge is 2.19. The maximum Gasteiger partial charge on any atom is 0.256 e. The van der Waals surface area contributed by atoms with E-state index in [2.05, 4.69) is 0 Å². The van der Waals surface area contributed by atoms with Crippen molar-refractivity contribution in [3.05, 3.63) is 65.2 Å². The lowest BCUT2D eigenvalue weighted by molar-refractivity contribution is 0.0708. The number of anilines is 1. The summed E-state index contributed by atoms with van der Waals surface area (Å²) >= 11 is 0. The van der Waals surface area contributed by atoms with E-state index in [0.29, 0.717) is 17.8 Å². The number of benzene rings is 2. The van der Waals surface area contributed by atoms with Gasteiger partial charge in [0.2, 0.25) is 0 Å². The highest BCUT2D eigenvalue weighted by atomic mass is 16.3. The molecule has 0 unspecified atom stereocenters. The summed E-state index contributed by atoms with van der Waals surface area (Å²) in [5.74, 6) is -0.150. The fraction of sp³-hybridized carbons (Fsp3) is 0.235. The molecule has 0 bridgehead atoms. The van der Waals surface area contributed by atoms with Crippen molar-refractivity contribution >= 4 is 11.6 Å². The first-order valence-electron chi connectivity index (χ1n) is 6.92. The van der Waals surface area contributed by atoms with Crippen molar-refractivity contribution in [3.8, 4) is 0 Å². The molecule has 0 heterocycles. The Morgan fingerprint density at radius 3 is 2.48 bits per heavy atom. The average molecular weight is 284 g/mol. The molecule has 21 heavy (non-hydrogen) atoms. The first-order chi connectivity index (χ1) is 10.1. The van der Waals surface area contributed by atoms with Crippen LogP contribution in [0.15, 0.2) is 48.5 Å². The number of aliphatic hydroxyl groups excluding tert-OH is 1. The fourth-order valence-corrected chi connectivity index (χ4v) is 2.32. The minimum absolute atomic E-state index is 0.0790. The van der Waals surface area contributed by atoms with Crippen LogP contribution in [0.25, 0.3) is 0 Å². The molecule has 0 aromatic heterocycles. The first kappa shape index (κ1) is 15.1. The lowest BCUT2D eigenvalue weighted by atomic mass is 10.0. The summed E-state index contributed by atoms with van der Waals surface area (Å²) in [5.41, 5.74) is 8.79. The predicted molar refractivity (Wildman–Crippen MR) is 83.9 cm³/mol. The van der Waals surface area contributed by atoms with Gasteiger partial charge in [0.15, 0.2) is 0 Å². The third-order valence-electron chi connectivity index (χ3n) is 3.39. The zero-order valence-corrected chi connectivity index (χ0v) is 12.1. The zero-order valence-electron chi connectivity index (χ0n) is 12.1. The third kappa shape index (κ3) is 3.61. The van der Waals surface area contributed by atoms with Gasteiger partial charge in [-0.05, 0) is 24.1 Å². The van der Waals surface area contributed by atoms with E-state index in [-0.39, 0.29) is 19.1 Å². The minimum atomic E-state index is -0.150. The Morgan fingerprint density at radius 2 is 1.86 bits per heavy atom. The van der Waals surface area contributed by atoms with E-state index in [9.17, 15) is 9.90 Å². The summed E-state index contributed by atoms with van der Waals surface area (Å²) < 4.78 is 0. The Morgan fingerprint density at radius 1 is 1.14 bits per heavy atom. The van der Waals surface area contributed by atoms with Gasteiger partial charge in [-0.3, -0.25) is 4.79 Å². The van der Waals surface area contributed by atoms with Gasteiger partial charge < -0.3 is 15.7 Å². The SMILES string of the molecule is Cc1cccc(N)c1C(=O)N(CCO)Cc1ccccc1. The third-order valence-corrected chi connectivity index (χ3v) is 3.39. The standard InChI is InChI=1S/C17H20N2O2/c1-13-6-5-9-15(18)16(13)17(21)19(10-11-20)12-14-7-3-2-4-8-14/h2-9,20H,10-12,18H2,1H3. The molecule has 0 radical (unpaired) electrons. The van der Waals surface area contributed by atoms with Gasteiger partial charge in [-0.1, -0.05) is 42.5 Å². The highest BCUT2D eigenvalue weighted by Crippen LogP contribution is 2.19. The molecule has 2 rings (SSSR count). The molecule has 0 fully saturated rings. The quantitative estimate of drug-likeness (QED) is 0.827. The molecule has 0 saturated heterocycles. The summed E-state index contributed by atoms with van der Waals surface area (Å²) in [4.78, 5) is 14.3. The smallest absolute Gasteiger partial charge is 0.256 e. The molecular formula is C17H20N2O2. The number of nitrogens with zero attached hydrogens (tertiary/aromatic N) is 1. The Hall–Kier alpha value is -2.33. The zero-order chi connectivity index (χ0) is 15.2. The van der Waals surface area contributed by atoms with Gasteiger partial charge in [-0.2, -0.15) is 0 Å². The second kappa shape index (κ2) is 6.90. The summed E-state index contributed by atoms with van der Waals surface area (Å²) in [6, 6.07) is 15.1. The molecule has 0 spiro atoms. The molecule has 4 heteroatoms. The van der Waals surface area contributed by atoms with Crippen molar-refractivity contribution in [3.63, 3.8) is 0 Å². The number of hydrogen-bond acceptors (Lipinski definition) is 3. The number of hydrogen-bond donors (Lipinski definition) is 2. The van der Waals surface area contributed by atoms with Gasteiger partial charge in [-0.15, -0.1) is 0 Å². The molecule has 0 aliphatic carbocycles. The van der Waals surface area contributed by atoms with E-state index >= 15 is 0 Å². The monoisotopic (exact) mass is 284 g/mol. The summed E-state index contributed by atoms with van der Waals surface area (Å²) in [5, 5.41) is 9.22. The highest BCUT2D eigenvalue weighted by molar-refractivity contribution is 6.00. The number of nitrogens with two attached hydrogens (primary N) is 1. The van der Waals surface area contributed by atoms with E-state index < -0.39 is 0 Å². The Balaban J connectivity index is 2.27. The van der Waals surface area contributed by atoms with Crippen molar-refractivity contribution in [2.45, 2.75) is 13.5 Å². The van der Waals surface area contributed by atoms with E-state index in [1.54, 1.807) is 11.0 Å². The maximum absolute atomic E-state index is 12.7. The second-order valence-corrected chi connectivity index (χ2v) is 4.98. The van der Waals surface area contributed by atoms with Gasteiger partial charge >= 0.3 is 0 Å². The largest absolute Gasteiger partial charge is 0.398 e. The molecular weight excluding hydrogens is 264 g/mol. The van der Waals surface area contributed by atoms with Gasteiger partial charge in [0, 0.05) is 18.8 Å². The van der Waals surface area contributed by atoms with Crippen molar-refractivity contribution in [2.24, 2.45) is 0 Å². The van der Waals surface area contributed by atoms with Crippen LogP contribution in [0.5, 0.6) is 0 Å². The normalized spacial score (nSPS) is 10.4. The van der Waals surface area contributed by atoms with Crippen LogP contribution in [0, 0.1) is 6.92 Å². The van der Waals surface area contributed by atoms with Gasteiger partial charge in [0.1, 0.15) is 0 Å². The number of nitrogen functional groups attached to an aromatic ring is 1.